The molecule has 4 heteroatoms. The Morgan fingerprint density at radius 3 is 2.56 bits per heavy atom. The predicted molar refractivity (Wildman–Crippen MR) is 76.6 cm³/mol. The lowest BCUT2D eigenvalue weighted by atomic mass is 9.98. The van der Waals surface area contributed by atoms with Crippen molar-refractivity contribution in [3.63, 3.8) is 0 Å². The Labute approximate surface area is 113 Å². The first kappa shape index (κ1) is 13.0. The van der Waals surface area contributed by atoms with E-state index in [1.807, 2.05) is 6.07 Å². The Kier molecular flexibility index (Phi) is 3.39. The number of carbonyl (C=O) groups excluding carboxylic acids is 1. The van der Waals surface area contributed by atoms with Crippen LogP contribution in [0.25, 0.3) is 0 Å². The zero-order valence-corrected chi connectivity index (χ0v) is 11.5. The van der Waals surface area contributed by atoms with Crippen molar-refractivity contribution in [2.24, 2.45) is 11.7 Å². The summed E-state index contributed by atoms with van der Waals surface area (Å²) in [7, 11) is 0. The molecule has 1 aliphatic rings. The topological polar surface area (TPSA) is 55.1 Å². The van der Waals surface area contributed by atoms with E-state index in [0.29, 0.717) is 16.5 Å². The van der Waals surface area contributed by atoms with Crippen LogP contribution in [0.4, 0.5) is 0 Å². The smallest absolute Gasteiger partial charge is 0.251 e. The second-order valence-electron chi connectivity index (χ2n) is 5.40. The molecule has 0 heterocycles. The summed E-state index contributed by atoms with van der Waals surface area (Å²) < 4.78 is 0. The zero-order valence-electron chi connectivity index (χ0n) is 10.7. The Bertz CT molecular complexity index is 492. The van der Waals surface area contributed by atoms with Gasteiger partial charge in [0.15, 0.2) is 0 Å². The van der Waals surface area contributed by atoms with Crippen LogP contribution >= 0.6 is 12.2 Å². The number of hydrogen-bond donors (Lipinski definition) is 2. The van der Waals surface area contributed by atoms with E-state index in [1.54, 1.807) is 18.2 Å². The van der Waals surface area contributed by atoms with E-state index in [9.17, 15) is 4.79 Å². The Hall–Kier alpha value is -1.42. The van der Waals surface area contributed by atoms with E-state index in [2.05, 4.69) is 19.2 Å². The summed E-state index contributed by atoms with van der Waals surface area (Å²) in [6, 6.07) is 7.12. The molecule has 1 fully saturated rings. The van der Waals surface area contributed by atoms with Gasteiger partial charge in [0.25, 0.3) is 5.91 Å². The van der Waals surface area contributed by atoms with Gasteiger partial charge in [-0.15, -0.1) is 0 Å². The van der Waals surface area contributed by atoms with Crippen LogP contribution < -0.4 is 11.1 Å². The molecule has 0 radical (unpaired) electrons. The maximum atomic E-state index is 12.2. The van der Waals surface area contributed by atoms with Gasteiger partial charge in [0.2, 0.25) is 0 Å². The minimum atomic E-state index is -0.143. The van der Waals surface area contributed by atoms with Crippen LogP contribution in [-0.2, 0) is 0 Å². The van der Waals surface area contributed by atoms with Gasteiger partial charge in [-0.1, -0.05) is 24.4 Å². The van der Waals surface area contributed by atoms with Gasteiger partial charge in [-0.25, -0.2) is 0 Å². The third-order valence-corrected chi connectivity index (χ3v) is 3.68. The van der Waals surface area contributed by atoms with Crippen molar-refractivity contribution in [3.8, 4) is 0 Å². The zero-order chi connectivity index (χ0) is 13.3. The molecule has 96 valence electrons. The maximum absolute atomic E-state index is 12.2. The van der Waals surface area contributed by atoms with Crippen molar-refractivity contribution < 1.29 is 4.79 Å². The molecule has 3 nitrogen and oxygen atoms in total. The summed E-state index contributed by atoms with van der Waals surface area (Å²) in [6.07, 6.45) is 2.39. The van der Waals surface area contributed by atoms with Crippen LogP contribution in [-0.4, -0.2) is 16.4 Å². The van der Waals surface area contributed by atoms with E-state index in [4.69, 9.17) is 18.0 Å². The van der Waals surface area contributed by atoms with Gasteiger partial charge in [-0.3, -0.25) is 4.79 Å². The van der Waals surface area contributed by atoms with E-state index < -0.39 is 0 Å². The first-order valence-electron chi connectivity index (χ1n) is 6.12. The minimum Gasteiger partial charge on any atom is -0.389 e. The van der Waals surface area contributed by atoms with Gasteiger partial charge in [0.05, 0.1) is 0 Å². The summed E-state index contributed by atoms with van der Waals surface area (Å²) in [6.45, 7) is 4.14. The fraction of sp³-hybridized carbons (Fsp3) is 0.429. The molecule has 0 aliphatic heterocycles. The largest absolute Gasteiger partial charge is 0.389 e. The highest BCUT2D eigenvalue weighted by molar-refractivity contribution is 7.80. The van der Waals surface area contributed by atoms with Crippen molar-refractivity contribution in [3.05, 3.63) is 35.4 Å². The second kappa shape index (κ2) is 4.69. The molecular weight excluding hydrogens is 244 g/mol. The van der Waals surface area contributed by atoms with E-state index in [0.717, 1.165) is 5.56 Å². The molecule has 1 aromatic carbocycles. The molecule has 0 spiro atoms. The number of rotatable bonds is 4. The first-order chi connectivity index (χ1) is 8.40. The van der Waals surface area contributed by atoms with Crippen LogP contribution in [0.2, 0.25) is 0 Å². The summed E-state index contributed by atoms with van der Waals surface area (Å²) in [5.41, 5.74) is 6.75. The fourth-order valence-corrected chi connectivity index (χ4v) is 2.21. The van der Waals surface area contributed by atoms with Gasteiger partial charge >= 0.3 is 0 Å². The van der Waals surface area contributed by atoms with Gasteiger partial charge in [-0.2, -0.15) is 0 Å². The standard InChI is InChI=1S/C14H18N2OS/c1-14(2,11-6-7-11)16-13(17)10-5-3-4-9(8-10)12(15)18/h3-5,8,11H,6-7H2,1-2H3,(H2,15,18)(H,16,17). The number of carbonyl (C=O) groups is 1. The van der Waals surface area contributed by atoms with Crippen molar-refractivity contribution in [2.75, 3.05) is 0 Å². The quantitative estimate of drug-likeness (QED) is 0.818. The highest BCUT2D eigenvalue weighted by Gasteiger charge is 2.38. The van der Waals surface area contributed by atoms with Gasteiger partial charge in [0, 0.05) is 16.7 Å². The molecule has 2 rings (SSSR count). The van der Waals surface area contributed by atoms with Gasteiger partial charge in [-0.05, 0) is 44.7 Å². The first-order valence-corrected chi connectivity index (χ1v) is 6.53. The van der Waals surface area contributed by atoms with Crippen LogP contribution in [0, 0.1) is 5.92 Å². The second-order valence-corrected chi connectivity index (χ2v) is 5.83. The average Bonchev–Trinajstić information content (AvgIpc) is 3.12. The van der Waals surface area contributed by atoms with Crippen LogP contribution in [0.5, 0.6) is 0 Å². The van der Waals surface area contributed by atoms with Gasteiger partial charge in [0.1, 0.15) is 4.99 Å². The van der Waals surface area contributed by atoms with Crippen molar-refractivity contribution >= 4 is 23.1 Å². The summed E-state index contributed by atoms with van der Waals surface area (Å²) in [5, 5.41) is 3.08. The highest BCUT2D eigenvalue weighted by Crippen LogP contribution is 2.39. The monoisotopic (exact) mass is 262 g/mol. The number of hydrogen-bond acceptors (Lipinski definition) is 2. The van der Waals surface area contributed by atoms with Crippen LogP contribution in [0.3, 0.4) is 0 Å². The van der Waals surface area contributed by atoms with Crippen molar-refractivity contribution in [1.82, 2.24) is 5.32 Å². The Morgan fingerprint density at radius 1 is 1.39 bits per heavy atom. The number of amides is 1. The third kappa shape index (κ3) is 2.88. The number of thiocarbonyl (C=S) groups is 1. The van der Waals surface area contributed by atoms with Crippen LogP contribution in [0.1, 0.15) is 42.6 Å². The molecule has 1 aromatic rings. The van der Waals surface area contributed by atoms with E-state index in [1.165, 1.54) is 12.8 Å². The fourth-order valence-electron chi connectivity index (χ4n) is 2.09. The molecule has 0 atom stereocenters. The average molecular weight is 262 g/mol. The molecule has 0 saturated heterocycles. The summed E-state index contributed by atoms with van der Waals surface area (Å²) in [4.78, 5) is 12.5. The molecule has 18 heavy (non-hydrogen) atoms. The molecule has 0 bridgehead atoms. The molecule has 1 amide bonds. The Morgan fingerprint density at radius 2 is 2.00 bits per heavy atom. The molecule has 0 unspecified atom stereocenters. The number of nitrogens with one attached hydrogen (secondary N) is 1. The van der Waals surface area contributed by atoms with Crippen LogP contribution in [0.15, 0.2) is 24.3 Å². The Balaban J connectivity index is 2.13. The summed E-state index contributed by atoms with van der Waals surface area (Å²) in [5.74, 6) is 0.533. The van der Waals surface area contributed by atoms with E-state index >= 15 is 0 Å². The SMILES string of the molecule is CC(C)(NC(=O)c1cccc(C(N)=S)c1)C1CC1. The maximum Gasteiger partial charge on any atom is 0.251 e. The molecular formula is C14H18N2OS. The lowest BCUT2D eigenvalue weighted by Gasteiger charge is -2.26. The lowest BCUT2D eigenvalue weighted by Crippen LogP contribution is -2.45. The van der Waals surface area contributed by atoms with Crippen molar-refractivity contribution in [2.45, 2.75) is 32.2 Å². The van der Waals surface area contributed by atoms with Crippen molar-refractivity contribution in [1.29, 1.82) is 0 Å². The number of nitrogens with two attached hydrogens (primary N) is 1. The molecule has 0 aromatic heterocycles. The van der Waals surface area contributed by atoms with E-state index in [-0.39, 0.29) is 11.4 Å². The normalized spacial score (nSPS) is 15.2. The highest BCUT2D eigenvalue weighted by atomic mass is 32.1. The van der Waals surface area contributed by atoms with Gasteiger partial charge < -0.3 is 11.1 Å². The lowest BCUT2D eigenvalue weighted by molar-refractivity contribution is 0.0903. The number of benzene rings is 1. The molecule has 3 N–H and O–H groups in total. The third-order valence-electron chi connectivity index (χ3n) is 3.44. The summed E-state index contributed by atoms with van der Waals surface area (Å²) >= 11 is 4.92. The minimum absolute atomic E-state index is 0.0648. The predicted octanol–water partition coefficient (Wildman–Crippen LogP) is 2.24. The molecule has 1 aliphatic carbocycles. The molecule has 1 saturated carbocycles.